The maximum atomic E-state index is 12.0. The minimum Gasteiger partial charge on any atom is -0.262 e. The van der Waals surface area contributed by atoms with Gasteiger partial charge >= 0.3 is 0 Å². The Balaban J connectivity index is 2.11. The molecule has 4 nitrogen and oxygen atoms in total. The number of hydrogen-bond acceptors (Lipinski definition) is 3. The largest absolute Gasteiger partial charge is 0.262 e. The summed E-state index contributed by atoms with van der Waals surface area (Å²) in [6.07, 6.45) is 0.772. The number of nitrogens with zero attached hydrogens (tertiary/aromatic N) is 2. The Labute approximate surface area is 103 Å². The number of aromatic nitrogens is 3. The van der Waals surface area contributed by atoms with E-state index in [0.717, 1.165) is 17.8 Å². The summed E-state index contributed by atoms with van der Waals surface area (Å²) in [5, 5.41) is 7.14. The van der Waals surface area contributed by atoms with E-state index in [1.54, 1.807) is 0 Å². The molecule has 0 aliphatic rings. The Morgan fingerprint density at radius 2 is 2.24 bits per heavy atom. The second kappa shape index (κ2) is 5.23. The highest BCUT2D eigenvalue weighted by atomic mass is 32.2. The second-order valence-corrected chi connectivity index (χ2v) is 5.24. The van der Waals surface area contributed by atoms with Crippen molar-refractivity contribution >= 4 is 10.8 Å². The molecule has 0 aliphatic heterocycles. The van der Waals surface area contributed by atoms with Crippen LogP contribution in [0, 0.1) is 6.92 Å². The maximum Gasteiger partial charge on any atom is 0.239 e. The molecule has 0 unspecified atom stereocenters. The molecular weight excluding hydrogens is 234 g/mol. The van der Waals surface area contributed by atoms with Gasteiger partial charge in [-0.3, -0.25) is 9.31 Å². The summed E-state index contributed by atoms with van der Waals surface area (Å²) < 4.78 is 12.0. The van der Waals surface area contributed by atoms with E-state index in [9.17, 15) is 4.21 Å². The molecule has 90 valence electrons. The topological polar surface area (TPSA) is 58.6 Å². The van der Waals surface area contributed by atoms with Crippen molar-refractivity contribution in [3.05, 3.63) is 41.2 Å². The van der Waals surface area contributed by atoms with Crippen LogP contribution in [0.3, 0.4) is 0 Å². The Kier molecular flexibility index (Phi) is 3.68. The number of aromatic amines is 1. The van der Waals surface area contributed by atoms with Gasteiger partial charge in [0.1, 0.15) is 5.82 Å². The van der Waals surface area contributed by atoms with Gasteiger partial charge in [0.15, 0.2) is 0 Å². The highest BCUT2D eigenvalue weighted by Gasteiger charge is 2.10. The Bertz CT molecular complexity index is 536. The SMILES string of the molecule is CCc1nc([S@](=O)Cc2cccc(C)c2)n[nH]1. The minimum absolute atomic E-state index is 0.392. The van der Waals surface area contributed by atoms with Crippen molar-refractivity contribution in [3.63, 3.8) is 0 Å². The van der Waals surface area contributed by atoms with Crippen LogP contribution in [0.4, 0.5) is 0 Å². The van der Waals surface area contributed by atoms with Gasteiger partial charge < -0.3 is 0 Å². The first-order valence-corrected chi connectivity index (χ1v) is 6.86. The molecule has 2 aromatic rings. The molecule has 0 aliphatic carbocycles. The molecule has 0 amide bonds. The fourth-order valence-corrected chi connectivity index (χ4v) is 2.53. The Morgan fingerprint density at radius 3 is 2.88 bits per heavy atom. The lowest BCUT2D eigenvalue weighted by Crippen LogP contribution is -1.99. The molecule has 1 heterocycles. The predicted octanol–water partition coefficient (Wildman–Crippen LogP) is 1.98. The third-order valence-corrected chi connectivity index (χ3v) is 3.62. The van der Waals surface area contributed by atoms with E-state index in [-0.39, 0.29) is 0 Å². The van der Waals surface area contributed by atoms with E-state index in [4.69, 9.17) is 0 Å². The first-order chi connectivity index (χ1) is 8.19. The van der Waals surface area contributed by atoms with Gasteiger partial charge in [-0.2, -0.15) is 0 Å². The summed E-state index contributed by atoms with van der Waals surface area (Å²) in [7, 11) is -1.18. The van der Waals surface area contributed by atoms with Crippen LogP contribution in [0.15, 0.2) is 29.4 Å². The molecule has 0 fully saturated rings. The zero-order valence-electron chi connectivity index (χ0n) is 9.93. The monoisotopic (exact) mass is 249 g/mol. The number of benzene rings is 1. The van der Waals surface area contributed by atoms with E-state index >= 15 is 0 Å². The van der Waals surface area contributed by atoms with E-state index in [2.05, 4.69) is 15.2 Å². The average Bonchev–Trinajstić information content (AvgIpc) is 2.77. The summed E-state index contributed by atoms with van der Waals surface area (Å²) >= 11 is 0. The lowest BCUT2D eigenvalue weighted by molar-refractivity contribution is 0.675. The molecule has 1 aromatic heterocycles. The van der Waals surface area contributed by atoms with Gasteiger partial charge in [0, 0.05) is 6.42 Å². The van der Waals surface area contributed by atoms with Crippen LogP contribution < -0.4 is 0 Å². The van der Waals surface area contributed by atoms with Crippen LogP contribution in [0.25, 0.3) is 0 Å². The van der Waals surface area contributed by atoms with Crippen molar-refractivity contribution in [3.8, 4) is 0 Å². The second-order valence-electron chi connectivity index (χ2n) is 3.90. The van der Waals surface area contributed by atoms with Crippen molar-refractivity contribution in [1.82, 2.24) is 15.2 Å². The van der Waals surface area contributed by atoms with Crippen molar-refractivity contribution in [2.45, 2.75) is 31.2 Å². The first kappa shape index (κ1) is 12.0. The zero-order valence-corrected chi connectivity index (χ0v) is 10.8. The van der Waals surface area contributed by atoms with Crippen molar-refractivity contribution < 1.29 is 4.21 Å². The normalized spacial score (nSPS) is 12.6. The quantitative estimate of drug-likeness (QED) is 0.901. The molecular formula is C12H15N3OS. The van der Waals surface area contributed by atoms with Crippen LogP contribution in [0.1, 0.15) is 23.9 Å². The average molecular weight is 249 g/mol. The van der Waals surface area contributed by atoms with E-state index < -0.39 is 10.8 Å². The molecule has 0 bridgehead atoms. The lowest BCUT2D eigenvalue weighted by Gasteiger charge is -2.00. The van der Waals surface area contributed by atoms with Crippen LogP contribution >= 0.6 is 0 Å². The molecule has 0 spiro atoms. The van der Waals surface area contributed by atoms with Gasteiger partial charge in [-0.1, -0.05) is 36.8 Å². The summed E-state index contributed by atoms with van der Waals surface area (Å²) in [6.45, 7) is 4.00. The number of nitrogens with one attached hydrogen (secondary N) is 1. The minimum atomic E-state index is -1.18. The van der Waals surface area contributed by atoms with Gasteiger partial charge in [0.05, 0.1) is 16.6 Å². The number of rotatable bonds is 4. The summed E-state index contributed by atoms with van der Waals surface area (Å²) in [6, 6.07) is 8.00. The zero-order chi connectivity index (χ0) is 12.3. The van der Waals surface area contributed by atoms with Crippen LogP contribution in [0.2, 0.25) is 0 Å². The van der Waals surface area contributed by atoms with Gasteiger partial charge in [0.2, 0.25) is 5.16 Å². The third-order valence-electron chi connectivity index (χ3n) is 2.43. The predicted molar refractivity (Wildman–Crippen MR) is 67.1 cm³/mol. The van der Waals surface area contributed by atoms with E-state index in [0.29, 0.717) is 10.9 Å². The van der Waals surface area contributed by atoms with E-state index in [1.165, 1.54) is 5.56 Å². The molecule has 0 saturated carbocycles. The fourth-order valence-electron chi connectivity index (χ4n) is 1.56. The first-order valence-electron chi connectivity index (χ1n) is 5.54. The highest BCUT2D eigenvalue weighted by Crippen LogP contribution is 2.10. The molecule has 1 N–H and O–H groups in total. The molecule has 2 rings (SSSR count). The molecule has 5 heteroatoms. The molecule has 0 radical (unpaired) electrons. The van der Waals surface area contributed by atoms with Crippen LogP contribution in [0.5, 0.6) is 0 Å². The van der Waals surface area contributed by atoms with E-state index in [1.807, 2.05) is 38.1 Å². The molecule has 1 atom stereocenters. The Morgan fingerprint density at radius 1 is 1.41 bits per heavy atom. The standard InChI is InChI=1S/C12H15N3OS/c1-3-11-13-12(15-14-11)17(16)8-10-6-4-5-9(2)7-10/h4-7H,3,8H2,1-2H3,(H,13,14,15)/t17-/m1/s1. The Hall–Kier alpha value is -1.49. The van der Waals surface area contributed by atoms with Gasteiger partial charge in [-0.15, -0.1) is 5.10 Å². The summed E-state index contributed by atoms with van der Waals surface area (Å²) in [4.78, 5) is 4.18. The smallest absolute Gasteiger partial charge is 0.239 e. The molecule has 1 aromatic carbocycles. The van der Waals surface area contributed by atoms with Crippen molar-refractivity contribution in [1.29, 1.82) is 0 Å². The summed E-state index contributed by atoms with van der Waals surface area (Å²) in [5.41, 5.74) is 2.22. The molecule has 17 heavy (non-hydrogen) atoms. The lowest BCUT2D eigenvalue weighted by atomic mass is 10.2. The molecule has 0 saturated heterocycles. The highest BCUT2D eigenvalue weighted by molar-refractivity contribution is 7.84. The van der Waals surface area contributed by atoms with Gasteiger partial charge in [0.25, 0.3) is 0 Å². The number of aryl methyl sites for hydroxylation is 2. The van der Waals surface area contributed by atoms with Crippen LogP contribution in [-0.2, 0) is 23.0 Å². The van der Waals surface area contributed by atoms with Crippen molar-refractivity contribution in [2.75, 3.05) is 0 Å². The van der Waals surface area contributed by atoms with Gasteiger partial charge in [-0.25, -0.2) is 4.98 Å². The maximum absolute atomic E-state index is 12.0. The van der Waals surface area contributed by atoms with Crippen LogP contribution in [-0.4, -0.2) is 19.4 Å². The fraction of sp³-hybridized carbons (Fsp3) is 0.333. The summed E-state index contributed by atoms with van der Waals surface area (Å²) in [5.74, 6) is 1.24. The number of H-pyrrole nitrogens is 1. The number of hydrogen-bond donors (Lipinski definition) is 1. The van der Waals surface area contributed by atoms with Crippen molar-refractivity contribution in [2.24, 2.45) is 0 Å². The van der Waals surface area contributed by atoms with Gasteiger partial charge in [-0.05, 0) is 12.5 Å². The third kappa shape index (κ3) is 3.00.